The molecule has 7 heteroatoms. The van der Waals surface area contributed by atoms with Gasteiger partial charge in [0.1, 0.15) is 9.88 Å². The lowest BCUT2D eigenvalue weighted by molar-refractivity contribution is 0.0954. The highest BCUT2D eigenvalue weighted by atomic mass is 35.5. The third-order valence-electron chi connectivity index (χ3n) is 4.82. The summed E-state index contributed by atoms with van der Waals surface area (Å²) in [6, 6.07) is 20.4. The van der Waals surface area contributed by atoms with Crippen molar-refractivity contribution >= 4 is 28.8 Å². The number of rotatable bonds is 6. The van der Waals surface area contributed by atoms with E-state index < -0.39 is 0 Å². The molecular formula is C24H20ClN3O2S. The number of amides is 1. The molecule has 2 aromatic carbocycles. The van der Waals surface area contributed by atoms with E-state index in [4.69, 9.17) is 11.6 Å². The second kappa shape index (κ2) is 9.29. The zero-order valence-corrected chi connectivity index (χ0v) is 18.4. The highest BCUT2D eigenvalue weighted by molar-refractivity contribution is 7.17. The third kappa shape index (κ3) is 5.10. The number of benzene rings is 2. The lowest BCUT2D eigenvalue weighted by Gasteiger charge is -2.08. The molecule has 5 nitrogen and oxygen atoms in total. The fraction of sp³-hybridized carbons (Fsp3) is 0.125. The van der Waals surface area contributed by atoms with Gasteiger partial charge in [-0.1, -0.05) is 54.1 Å². The van der Waals surface area contributed by atoms with Gasteiger partial charge in [0.2, 0.25) is 0 Å². The van der Waals surface area contributed by atoms with Gasteiger partial charge in [-0.05, 0) is 36.2 Å². The van der Waals surface area contributed by atoms with E-state index >= 15 is 0 Å². The van der Waals surface area contributed by atoms with Gasteiger partial charge in [-0.3, -0.25) is 9.59 Å². The maximum Gasteiger partial charge on any atom is 0.263 e. The summed E-state index contributed by atoms with van der Waals surface area (Å²) in [6.45, 7) is 2.77. The van der Waals surface area contributed by atoms with Gasteiger partial charge in [-0.25, -0.2) is 4.98 Å². The summed E-state index contributed by atoms with van der Waals surface area (Å²) in [7, 11) is 0. The number of thiazole rings is 1. The molecule has 0 saturated heterocycles. The summed E-state index contributed by atoms with van der Waals surface area (Å²) >= 11 is 7.31. The first-order valence-corrected chi connectivity index (χ1v) is 10.9. The Labute approximate surface area is 189 Å². The molecule has 0 aliphatic rings. The molecule has 4 aromatic rings. The number of nitrogens with zero attached hydrogens (tertiary/aromatic N) is 2. The van der Waals surface area contributed by atoms with Crippen LogP contribution in [0.3, 0.4) is 0 Å². The molecule has 0 aliphatic heterocycles. The highest BCUT2D eigenvalue weighted by Gasteiger charge is 2.16. The average Bonchev–Trinajstić information content (AvgIpc) is 3.17. The molecule has 1 N–H and O–H groups in total. The van der Waals surface area contributed by atoms with Crippen LogP contribution < -0.4 is 10.9 Å². The van der Waals surface area contributed by atoms with Gasteiger partial charge >= 0.3 is 0 Å². The molecule has 0 fully saturated rings. The van der Waals surface area contributed by atoms with Crippen LogP contribution >= 0.6 is 22.9 Å². The number of aryl methyl sites for hydroxylation is 1. The lowest BCUT2D eigenvalue weighted by Crippen LogP contribution is -2.22. The largest absolute Gasteiger partial charge is 0.347 e. The molecule has 0 radical (unpaired) electrons. The number of nitrogens with one attached hydrogen (secondary N) is 1. The molecule has 0 saturated carbocycles. The van der Waals surface area contributed by atoms with Crippen LogP contribution in [0, 0.1) is 6.92 Å². The second-order valence-electron chi connectivity index (χ2n) is 7.11. The van der Waals surface area contributed by atoms with Crippen molar-refractivity contribution in [3.63, 3.8) is 0 Å². The predicted molar refractivity (Wildman–Crippen MR) is 125 cm³/mol. The Balaban J connectivity index is 1.39. The zero-order valence-electron chi connectivity index (χ0n) is 16.8. The summed E-state index contributed by atoms with van der Waals surface area (Å²) in [4.78, 5) is 29.7. The Bertz CT molecular complexity index is 1260. The molecule has 0 spiro atoms. The van der Waals surface area contributed by atoms with Crippen LogP contribution in [0.1, 0.15) is 26.5 Å². The number of carbonyl (C=O) groups excluding carboxylic acids is 1. The van der Waals surface area contributed by atoms with Crippen LogP contribution in [0.4, 0.5) is 0 Å². The minimum absolute atomic E-state index is 0.0308. The maximum atomic E-state index is 12.7. The smallest absolute Gasteiger partial charge is 0.263 e. The second-order valence-corrected chi connectivity index (χ2v) is 8.54. The monoisotopic (exact) mass is 449 g/mol. The van der Waals surface area contributed by atoms with Crippen molar-refractivity contribution in [1.82, 2.24) is 14.9 Å². The summed E-state index contributed by atoms with van der Waals surface area (Å²) in [5.74, 6) is -0.143. The van der Waals surface area contributed by atoms with Crippen molar-refractivity contribution in [3.8, 4) is 10.6 Å². The molecule has 31 heavy (non-hydrogen) atoms. The molecule has 4 rings (SSSR count). The van der Waals surface area contributed by atoms with E-state index in [9.17, 15) is 9.59 Å². The molecule has 2 heterocycles. The summed E-state index contributed by atoms with van der Waals surface area (Å²) in [5.41, 5.74) is 3.62. The quantitative estimate of drug-likeness (QED) is 0.454. The number of carbonyl (C=O) groups is 1. The van der Waals surface area contributed by atoms with Crippen molar-refractivity contribution in [1.29, 1.82) is 0 Å². The van der Waals surface area contributed by atoms with Gasteiger partial charge in [-0.2, -0.15) is 0 Å². The normalized spacial score (nSPS) is 10.8. The minimum Gasteiger partial charge on any atom is -0.347 e. The number of pyridine rings is 1. The first-order valence-electron chi connectivity index (χ1n) is 9.74. The van der Waals surface area contributed by atoms with E-state index in [1.54, 1.807) is 22.9 Å². The molecule has 0 aliphatic carbocycles. The number of hydrogen-bond donors (Lipinski definition) is 1. The van der Waals surface area contributed by atoms with E-state index in [-0.39, 0.29) is 11.5 Å². The molecule has 0 bridgehead atoms. The Morgan fingerprint density at radius 1 is 1.03 bits per heavy atom. The summed E-state index contributed by atoms with van der Waals surface area (Å²) in [6.07, 6.45) is 1.77. The fourth-order valence-corrected chi connectivity index (χ4v) is 4.25. The Morgan fingerprint density at radius 2 is 1.74 bits per heavy atom. The first-order chi connectivity index (χ1) is 15.0. The molecule has 1 amide bonds. The highest BCUT2D eigenvalue weighted by Crippen LogP contribution is 2.28. The standard InChI is InChI=1S/C24H20ClN3O2S/c1-16-22(31-24(27-16)19-9-11-20(25)12-10-19)23(30)26-14-17-5-7-18(8-6-17)15-28-13-3-2-4-21(28)29/h2-13H,14-15H2,1H3,(H,26,30). The zero-order chi connectivity index (χ0) is 21.8. The predicted octanol–water partition coefficient (Wildman–Crippen LogP) is 4.91. The Morgan fingerprint density at radius 3 is 2.45 bits per heavy atom. The number of halogens is 1. The van der Waals surface area contributed by atoms with E-state index in [0.29, 0.717) is 28.7 Å². The lowest BCUT2D eigenvalue weighted by atomic mass is 10.1. The topological polar surface area (TPSA) is 64.0 Å². The van der Waals surface area contributed by atoms with Crippen molar-refractivity contribution in [2.45, 2.75) is 20.0 Å². The van der Waals surface area contributed by atoms with Gasteiger partial charge in [0, 0.05) is 29.4 Å². The van der Waals surface area contributed by atoms with Crippen LogP contribution in [-0.4, -0.2) is 15.5 Å². The third-order valence-corrected chi connectivity index (χ3v) is 6.28. The fourth-order valence-electron chi connectivity index (χ4n) is 3.14. The van der Waals surface area contributed by atoms with Gasteiger partial charge in [0.15, 0.2) is 0 Å². The number of hydrogen-bond acceptors (Lipinski definition) is 4. The van der Waals surface area contributed by atoms with Crippen molar-refractivity contribution < 1.29 is 4.79 Å². The minimum atomic E-state index is -0.143. The SMILES string of the molecule is Cc1nc(-c2ccc(Cl)cc2)sc1C(=O)NCc1ccc(Cn2ccccc2=O)cc1. The van der Waals surface area contributed by atoms with Crippen molar-refractivity contribution in [2.75, 3.05) is 0 Å². The van der Waals surface area contributed by atoms with Crippen molar-refractivity contribution in [3.05, 3.63) is 110 Å². The molecular weight excluding hydrogens is 430 g/mol. The molecule has 0 atom stereocenters. The maximum absolute atomic E-state index is 12.7. The van der Waals surface area contributed by atoms with Crippen LogP contribution in [0.15, 0.2) is 77.7 Å². The van der Waals surface area contributed by atoms with E-state index in [1.807, 2.05) is 61.5 Å². The van der Waals surface area contributed by atoms with Crippen LogP contribution in [0.25, 0.3) is 10.6 Å². The summed E-state index contributed by atoms with van der Waals surface area (Å²) in [5, 5.41) is 4.42. The van der Waals surface area contributed by atoms with Crippen LogP contribution in [0.5, 0.6) is 0 Å². The van der Waals surface area contributed by atoms with Gasteiger partial charge in [0.05, 0.1) is 12.2 Å². The Hall–Kier alpha value is -3.22. The summed E-state index contributed by atoms with van der Waals surface area (Å²) < 4.78 is 1.65. The van der Waals surface area contributed by atoms with Gasteiger partial charge in [0.25, 0.3) is 11.5 Å². The average molecular weight is 450 g/mol. The van der Waals surface area contributed by atoms with Crippen LogP contribution in [-0.2, 0) is 13.1 Å². The number of aromatic nitrogens is 2. The first kappa shape index (κ1) is 21.0. The van der Waals surface area contributed by atoms with Gasteiger partial charge in [-0.15, -0.1) is 11.3 Å². The van der Waals surface area contributed by atoms with E-state index in [1.165, 1.54) is 11.3 Å². The molecule has 0 unspecified atom stereocenters. The van der Waals surface area contributed by atoms with Gasteiger partial charge < -0.3 is 9.88 Å². The van der Waals surface area contributed by atoms with E-state index in [2.05, 4.69) is 10.3 Å². The molecule has 156 valence electrons. The Kier molecular flexibility index (Phi) is 6.30. The molecule has 2 aromatic heterocycles. The van der Waals surface area contributed by atoms with Crippen LogP contribution in [0.2, 0.25) is 5.02 Å². The van der Waals surface area contributed by atoms with Crippen molar-refractivity contribution in [2.24, 2.45) is 0 Å². The van der Waals surface area contributed by atoms with E-state index in [0.717, 1.165) is 21.7 Å².